The molecule has 3 aromatic rings. The van der Waals surface area contributed by atoms with Gasteiger partial charge < -0.3 is 24.3 Å². The quantitative estimate of drug-likeness (QED) is 0.744. The highest BCUT2D eigenvalue weighted by molar-refractivity contribution is 5.93. The summed E-state index contributed by atoms with van der Waals surface area (Å²) in [5, 5.41) is 4.73. The Balaban J connectivity index is 1.78. The van der Waals surface area contributed by atoms with Crippen molar-refractivity contribution in [2.24, 2.45) is 0 Å². The van der Waals surface area contributed by atoms with Crippen LogP contribution in [0.15, 0.2) is 30.5 Å². The number of ether oxygens (including phenoxy) is 4. The van der Waals surface area contributed by atoms with Crippen LogP contribution in [0.5, 0.6) is 23.0 Å². The smallest absolute Gasteiger partial charge is 0.231 e. The highest BCUT2D eigenvalue weighted by Gasteiger charge is 2.29. The second kappa shape index (κ2) is 6.56. The zero-order valence-electron chi connectivity index (χ0n) is 16.2. The number of nitrogens with zero attached hydrogens (tertiary/aromatic N) is 1. The van der Waals surface area contributed by atoms with E-state index in [-0.39, 0.29) is 12.8 Å². The average molecular weight is 378 g/mol. The molecule has 1 atom stereocenters. The molecule has 2 heterocycles. The summed E-state index contributed by atoms with van der Waals surface area (Å²) in [6.07, 6.45) is 2.82. The van der Waals surface area contributed by atoms with Crippen LogP contribution in [-0.4, -0.2) is 32.5 Å². The molecule has 0 fully saturated rings. The monoisotopic (exact) mass is 378 g/mol. The molecule has 5 rings (SSSR count). The fourth-order valence-corrected chi connectivity index (χ4v) is 4.28. The Morgan fingerprint density at radius 2 is 1.79 bits per heavy atom. The third kappa shape index (κ3) is 2.48. The van der Waals surface area contributed by atoms with E-state index >= 15 is 0 Å². The number of fused-ring (bicyclic) bond motifs is 6. The van der Waals surface area contributed by atoms with E-state index in [1.165, 1.54) is 11.1 Å². The highest BCUT2D eigenvalue weighted by Crippen LogP contribution is 2.47. The zero-order chi connectivity index (χ0) is 19.3. The lowest BCUT2D eigenvalue weighted by Gasteiger charge is -2.30. The fraction of sp³-hybridized carbons (Fsp3) is 0.318. The summed E-state index contributed by atoms with van der Waals surface area (Å²) in [5.41, 5.74) is 5.62. The van der Waals surface area contributed by atoms with Gasteiger partial charge in [0.1, 0.15) is 0 Å². The second-order valence-electron chi connectivity index (χ2n) is 6.99. The Morgan fingerprint density at radius 1 is 1.04 bits per heavy atom. The van der Waals surface area contributed by atoms with Gasteiger partial charge in [-0.05, 0) is 47.9 Å². The molecule has 0 amide bonds. The van der Waals surface area contributed by atoms with Gasteiger partial charge in [-0.15, -0.1) is 0 Å². The van der Waals surface area contributed by atoms with Gasteiger partial charge in [0.15, 0.2) is 23.0 Å². The maximum atomic E-state index is 5.62. The third-order valence-electron chi connectivity index (χ3n) is 5.53. The molecule has 0 saturated heterocycles. The van der Waals surface area contributed by atoms with E-state index in [0.717, 1.165) is 58.0 Å². The molecule has 1 aromatic heterocycles. The zero-order valence-corrected chi connectivity index (χ0v) is 16.2. The molecule has 1 aliphatic heterocycles. The van der Waals surface area contributed by atoms with Crippen molar-refractivity contribution in [2.75, 3.05) is 27.6 Å². The van der Waals surface area contributed by atoms with Crippen LogP contribution in [0.4, 0.5) is 0 Å². The van der Waals surface area contributed by atoms with E-state index in [2.05, 4.69) is 30.4 Å². The van der Waals surface area contributed by atoms with Gasteiger partial charge in [-0.3, -0.25) is 4.98 Å². The van der Waals surface area contributed by atoms with Gasteiger partial charge in [0.2, 0.25) is 6.79 Å². The molecule has 6 nitrogen and oxygen atoms in total. The van der Waals surface area contributed by atoms with Crippen LogP contribution < -0.4 is 24.3 Å². The first-order valence-corrected chi connectivity index (χ1v) is 9.44. The van der Waals surface area contributed by atoms with Crippen LogP contribution in [0.1, 0.15) is 24.1 Å². The Kier molecular flexibility index (Phi) is 4.02. The molecule has 28 heavy (non-hydrogen) atoms. The molecule has 1 unspecified atom stereocenters. The second-order valence-corrected chi connectivity index (χ2v) is 6.99. The minimum atomic E-state index is 0.177. The molecule has 1 N–H and O–H groups in total. The molecule has 0 saturated carbocycles. The molecule has 6 heteroatoms. The first kappa shape index (κ1) is 17.1. The summed E-state index contributed by atoms with van der Waals surface area (Å²) >= 11 is 0. The predicted molar refractivity (Wildman–Crippen MR) is 107 cm³/mol. The highest BCUT2D eigenvalue weighted by atomic mass is 16.7. The average Bonchev–Trinajstić information content (AvgIpc) is 3.18. The molecular weight excluding hydrogens is 356 g/mol. The molecular formula is C22H22N2O4. The number of methoxy groups -OCH3 is 2. The topological polar surface area (TPSA) is 61.8 Å². The van der Waals surface area contributed by atoms with E-state index in [4.69, 9.17) is 23.9 Å². The van der Waals surface area contributed by atoms with Crippen molar-refractivity contribution in [3.63, 3.8) is 0 Å². The molecule has 0 radical (unpaired) electrons. The maximum absolute atomic E-state index is 5.62. The van der Waals surface area contributed by atoms with Crippen LogP contribution in [-0.2, 0) is 6.42 Å². The standard InChI is InChI=1S/C22H22N2O4/c1-4-23-17-5-12-6-18(25-2)19(26-3)7-13(12)15-10-24-16-9-21-20(27-11-28-21)8-14(16)22(15)17/h6-10,17,23H,4-5,11H2,1-3H3. The Morgan fingerprint density at radius 3 is 2.54 bits per heavy atom. The number of pyridine rings is 1. The first-order chi connectivity index (χ1) is 13.7. The van der Waals surface area contributed by atoms with Crippen LogP contribution >= 0.6 is 0 Å². The molecule has 0 bridgehead atoms. The van der Waals surface area contributed by atoms with Gasteiger partial charge in [0.25, 0.3) is 0 Å². The van der Waals surface area contributed by atoms with Crippen molar-refractivity contribution < 1.29 is 18.9 Å². The van der Waals surface area contributed by atoms with Gasteiger partial charge in [0.05, 0.1) is 19.7 Å². The van der Waals surface area contributed by atoms with Crippen molar-refractivity contribution in [2.45, 2.75) is 19.4 Å². The number of aromatic nitrogens is 1. The molecule has 0 spiro atoms. The molecule has 144 valence electrons. The normalized spacial score (nSPS) is 16.6. The van der Waals surface area contributed by atoms with Gasteiger partial charge in [-0.25, -0.2) is 0 Å². The number of likely N-dealkylation sites (N-methyl/N-ethyl adjacent to an activating group) is 1. The van der Waals surface area contributed by atoms with Crippen LogP contribution in [0, 0.1) is 0 Å². The summed E-state index contributed by atoms with van der Waals surface area (Å²) in [4.78, 5) is 4.73. The van der Waals surface area contributed by atoms with E-state index in [9.17, 15) is 0 Å². The molecule has 2 aromatic carbocycles. The predicted octanol–water partition coefficient (Wildman–Crippen LogP) is 3.85. The third-order valence-corrected chi connectivity index (χ3v) is 5.53. The van der Waals surface area contributed by atoms with Crippen LogP contribution in [0.3, 0.4) is 0 Å². The summed E-state index contributed by atoms with van der Waals surface area (Å²) in [6, 6.07) is 8.32. The van der Waals surface area contributed by atoms with Gasteiger partial charge >= 0.3 is 0 Å². The molecule has 1 aliphatic carbocycles. The lowest BCUT2D eigenvalue weighted by atomic mass is 9.81. The van der Waals surface area contributed by atoms with Gasteiger partial charge in [0, 0.05) is 29.3 Å². The molecule has 2 aliphatic rings. The van der Waals surface area contributed by atoms with Crippen LogP contribution in [0.25, 0.3) is 22.0 Å². The van der Waals surface area contributed by atoms with Gasteiger partial charge in [-0.2, -0.15) is 0 Å². The van der Waals surface area contributed by atoms with Crippen molar-refractivity contribution in [1.82, 2.24) is 10.3 Å². The van der Waals surface area contributed by atoms with Crippen molar-refractivity contribution in [3.05, 3.63) is 41.6 Å². The van der Waals surface area contributed by atoms with Gasteiger partial charge in [-0.1, -0.05) is 6.92 Å². The largest absolute Gasteiger partial charge is 0.493 e. The minimum absolute atomic E-state index is 0.177. The number of hydrogen-bond acceptors (Lipinski definition) is 6. The van der Waals surface area contributed by atoms with E-state index in [1.807, 2.05) is 12.3 Å². The fourth-order valence-electron chi connectivity index (χ4n) is 4.28. The number of hydrogen-bond donors (Lipinski definition) is 1. The first-order valence-electron chi connectivity index (χ1n) is 9.44. The summed E-state index contributed by atoms with van der Waals surface area (Å²) in [5.74, 6) is 3.00. The van der Waals surface area contributed by atoms with E-state index < -0.39 is 0 Å². The summed E-state index contributed by atoms with van der Waals surface area (Å²) in [6.45, 7) is 3.26. The Labute approximate surface area is 163 Å². The van der Waals surface area contributed by atoms with Crippen molar-refractivity contribution in [1.29, 1.82) is 0 Å². The van der Waals surface area contributed by atoms with E-state index in [1.54, 1.807) is 14.2 Å². The van der Waals surface area contributed by atoms with E-state index in [0.29, 0.717) is 0 Å². The lowest BCUT2D eigenvalue weighted by molar-refractivity contribution is 0.174. The number of benzene rings is 2. The summed E-state index contributed by atoms with van der Waals surface area (Å²) in [7, 11) is 3.33. The maximum Gasteiger partial charge on any atom is 0.231 e. The minimum Gasteiger partial charge on any atom is -0.493 e. The number of rotatable bonds is 4. The van der Waals surface area contributed by atoms with Crippen molar-refractivity contribution >= 4 is 10.9 Å². The Hall–Kier alpha value is -2.99. The van der Waals surface area contributed by atoms with Crippen LogP contribution in [0.2, 0.25) is 0 Å². The SMILES string of the molecule is CCNC1Cc2cc(OC)c(OC)cc2-c2cnc3cc4c(cc3c21)OCO4. The lowest BCUT2D eigenvalue weighted by Crippen LogP contribution is -2.26. The van der Waals surface area contributed by atoms with Crippen molar-refractivity contribution in [3.8, 4) is 34.1 Å². The summed E-state index contributed by atoms with van der Waals surface area (Å²) < 4.78 is 22.2. The Bertz CT molecular complexity index is 1080. The number of nitrogens with one attached hydrogen (secondary N) is 1.